The highest BCUT2D eigenvalue weighted by atomic mass is 32.1. The first-order chi connectivity index (χ1) is 17.8. The van der Waals surface area contributed by atoms with Crippen molar-refractivity contribution in [2.24, 2.45) is 0 Å². The zero-order valence-electron chi connectivity index (χ0n) is 22.2. The number of hydrogen-bond acceptors (Lipinski definition) is 5. The van der Waals surface area contributed by atoms with Crippen molar-refractivity contribution in [3.8, 4) is 0 Å². The van der Waals surface area contributed by atoms with Crippen LogP contribution in [0.4, 0.5) is 10.7 Å². The third-order valence-corrected chi connectivity index (χ3v) is 8.73. The third-order valence-electron chi connectivity index (χ3n) is 7.53. The molecule has 2 aromatic carbocycles. The van der Waals surface area contributed by atoms with Crippen LogP contribution >= 0.6 is 11.3 Å². The van der Waals surface area contributed by atoms with Crippen molar-refractivity contribution in [2.75, 3.05) is 42.9 Å². The number of carbonyl (C=O) groups is 2. The Kier molecular flexibility index (Phi) is 7.50. The molecule has 6 heteroatoms. The first-order valence-electron chi connectivity index (χ1n) is 13.4. The zero-order valence-corrected chi connectivity index (χ0v) is 23.0. The fraction of sp³-hybridized carbons (Fsp3) is 0.419. The van der Waals surface area contributed by atoms with E-state index in [1.807, 2.05) is 18.2 Å². The quantitative estimate of drug-likeness (QED) is 0.414. The van der Waals surface area contributed by atoms with E-state index in [2.05, 4.69) is 72.3 Å². The van der Waals surface area contributed by atoms with E-state index >= 15 is 0 Å². The highest BCUT2D eigenvalue weighted by Crippen LogP contribution is 2.39. The topological polar surface area (TPSA) is 52.7 Å². The predicted octanol–water partition coefficient (Wildman–Crippen LogP) is 5.92. The van der Waals surface area contributed by atoms with E-state index in [1.54, 1.807) is 11.3 Å². The number of rotatable bonds is 6. The Morgan fingerprint density at radius 2 is 1.57 bits per heavy atom. The standard InChI is InChI=1S/C31H37N3O2S/c1-31(2,3)23-15-13-22(14-16-23)29(36)28-25-11-7-8-12-26(25)37-30(28)32-27(35)21-33-17-19-34(20-18-33)24-9-5-4-6-10-24/h4-6,9-10,13-16H,7-8,11-12,17-21H2,1-3H3,(H,32,35). The number of thiophene rings is 1. The van der Waals surface area contributed by atoms with Crippen LogP contribution in [0.3, 0.4) is 0 Å². The van der Waals surface area contributed by atoms with Gasteiger partial charge in [0.2, 0.25) is 5.91 Å². The van der Waals surface area contributed by atoms with Crippen LogP contribution < -0.4 is 10.2 Å². The summed E-state index contributed by atoms with van der Waals surface area (Å²) in [5.74, 6) is -0.0180. The van der Waals surface area contributed by atoms with Gasteiger partial charge in [-0.15, -0.1) is 11.3 Å². The number of piperazine rings is 1. The van der Waals surface area contributed by atoms with Gasteiger partial charge in [-0.1, -0.05) is 63.2 Å². The molecule has 1 aliphatic heterocycles. The molecule has 1 saturated heterocycles. The summed E-state index contributed by atoms with van der Waals surface area (Å²) in [6, 6.07) is 18.4. The number of benzene rings is 2. The smallest absolute Gasteiger partial charge is 0.239 e. The van der Waals surface area contributed by atoms with Crippen LogP contribution in [0.1, 0.15) is 65.5 Å². The number of amides is 1. The second-order valence-corrected chi connectivity index (χ2v) is 12.3. The SMILES string of the molecule is CC(C)(C)c1ccc(C(=O)c2c(NC(=O)CN3CCN(c4ccccc4)CC3)sc3c2CCCC3)cc1. The van der Waals surface area contributed by atoms with E-state index in [1.165, 1.54) is 16.1 Å². The summed E-state index contributed by atoms with van der Waals surface area (Å²) < 4.78 is 0. The zero-order chi connectivity index (χ0) is 26.0. The number of hydrogen-bond donors (Lipinski definition) is 1. The van der Waals surface area contributed by atoms with Crippen molar-refractivity contribution in [3.63, 3.8) is 0 Å². The van der Waals surface area contributed by atoms with Crippen LogP contribution in [-0.4, -0.2) is 49.3 Å². The number of para-hydroxylation sites is 1. The second-order valence-electron chi connectivity index (χ2n) is 11.2. The van der Waals surface area contributed by atoms with Crippen molar-refractivity contribution < 1.29 is 9.59 Å². The van der Waals surface area contributed by atoms with Crippen LogP contribution in [0, 0.1) is 0 Å². The van der Waals surface area contributed by atoms with Gasteiger partial charge >= 0.3 is 0 Å². The predicted molar refractivity (Wildman–Crippen MR) is 153 cm³/mol. The number of fused-ring (bicyclic) bond motifs is 1. The summed E-state index contributed by atoms with van der Waals surface area (Å²) in [5, 5.41) is 3.87. The van der Waals surface area contributed by atoms with Crippen LogP contribution in [0.15, 0.2) is 54.6 Å². The van der Waals surface area contributed by atoms with Crippen molar-refractivity contribution in [1.82, 2.24) is 4.90 Å². The van der Waals surface area contributed by atoms with Gasteiger partial charge in [0.25, 0.3) is 0 Å². The van der Waals surface area contributed by atoms with E-state index < -0.39 is 0 Å². The summed E-state index contributed by atoms with van der Waals surface area (Å²) >= 11 is 1.60. The van der Waals surface area contributed by atoms with E-state index in [0.717, 1.165) is 62.4 Å². The molecule has 5 rings (SSSR count). The van der Waals surface area contributed by atoms with Crippen LogP contribution in [0.5, 0.6) is 0 Å². The lowest BCUT2D eigenvalue weighted by molar-refractivity contribution is -0.117. The Hall–Kier alpha value is -2.96. The van der Waals surface area contributed by atoms with Crippen molar-refractivity contribution in [2.45, 2.75) is 51.9 Å². The Bertz CT molecular complexity index is 1250. The van der Waals surface area contributed by atoms with Gasteiger partial charge in [-0.25, -0.2) is 0 Å². The molecule has 5 nitrogen and oxygen atoms in total. The van der Waals surface area contributed by atoms with Crippen molar-refractivity contribution >= 4 is 33.7 Å². The summed E-state index contributed by atoms with van der Waals surface area (Å²) in [7, 11) is 0. The number of nitrogens with one attached hydrogen (secondary N) is 1. The maximum atomic E-state index is 13.7. The first-order valence-corrected chi connectivity index (χ1v) is 14.2. The minimum absolute atomic E-state index is 0.0200. The van der Waals surface area contributed by atoms with Gasteiger partial charge in [0.15, 0.2) is 5.78 Å². The van der Waals surface area contributed by atoms with Crippen LogP contribution in [0.2, 0.25) is 0 Å². The molecule has 194 valence electrons. The molecule has 3 aromatic rings. The molecule has 2 heterocycles. The molecule has 1 fully saturated rings. The fourth-order valence-electron chi connectivity index (χ4n) is 5.33. The summed E-state index contributed by atoms with van der Waals surface area (Å²) in [4.78, 5) is 32.7. The molecule has 2 aliphatic rings. The second kappa shape index (κ2) is 10.8. The van der Waals surface area contributed by atoms with Gasteiger partial charge in [0.05, 0.1) is 12.1 Å². The maximum Gasteiger partial charge on any atom is 0.239 e. The molecule has 1 aliphatic carbocycles. The fourth-order valence-corrected chi connectivity index (χ4v) is 6.64. The monoisotopic (exact) mass is 515 g/mol. The lowest BCUT2D eigenvalue weighted by atomic mass is 9.86. The molecule has 1 N–H and O–H groups in total. The average Bonchev–Trinajstić information content (AvgIpc) is 3.26. The van der Waals surface area contributed by atoms with Gasteiger partial charge in [-0.2, -0.15) is 0 Å². The van der Waals surface area contributed by atoms with Crippen molar-refractivity contribution in [1.29, 1.82) is 0 Å². The number of carbonyl (C=O) groups excluding carboxylic acids is 2. The van der Waals surface area contributed by atoms with Gasteiger partial charge in [-0.3, -0.25) is 14.5 Å². The highest BCUT2D eigenvalue weighted by Gasteiger charge is 2.28. The molecule has 0 bridgehead atoms. The molecule has 1 aromatic heterocycles. The molecule has 1 amide bonds. The van der Waals surface area contributed by atoms with Gasteiger partial charge in [0.1, 0.15) is 5.00 Å². The van der Waals surface area contributed by atoms with Crippen molar-refractivity contribution in [3.05, 3.63) is 81.7 Å². The minimum Gasteiger partial charge on any atom is -0.369 e. The molecule has 0 saturated carbocycles. The van der Waals surface area contributed by atoms with E-state index in [0.29, 0.717) is 17.7 Å². The Morgan fingerprint density at radius 3 is 2.24 bits per heavy atom. The summed E-state index contributed by atoms with van der Waals surface area (Å²) in [6.07, 6.45) is 4.12. The lowest BCUT2D eigenvalue weighted by Gasteiger charge is -2.35. The Balaban J connectivity index is 1.29. The number of aryl methyl sites for hydroxylation is 1. The van der Waals surface area contributed by atoms with Crippen LogP contribution in [0.25, 0.3) is 0 Å². The third kappa shape index (κ3) is 5.81. The molecule has 0 radical (unpaired) electrons. The van der Waals surface area contributed by atoms with Crippen LogP contribution in [-0.2, 0) is 23.1 Å². The normalized spacial score (nSPS) is 16.4. The molecule has 0 unspecified atom stereocenters. The van der Waals surface area contributed by atoms with E-state index in [9.17, 15) is 9.59 Å². The molecule has 0 spiro atoms. The van der Waals surface area contributed by atoms with E-state index in [4.69, 9.17) is 0 Å². The first kappa shape index (κ1) is 25.7. The van der Waals surface area contributed by atoms with Gasteiger partial charge in [-0.05, 0) is 54.4 Å². The number of anilines is 2. The number of ketones is 1. The lowest BCUT2D eigenvalue weighted by Crippen LogP contribution is -2.48. The molecular formula is C31H37N3O2S. The van der Waals surface area contributed by atoms with Gasteiger partial charge < -0.3 is 10.2 Å². The highest BCUT2D eigenvalue weighted by molar-refractivity contribution is 7.17. The molecular weight excluding hydrogens is 478 g/mol. The van der Waals surface area contributed by atoms with E-state index in [-0.39, 0.29) is 17.1 Å². The minimum atomic E-state index is -0.0381. The van der Waals surface area contributed by atoms with Gasteiger partial charge in [0, 0.05) is 42.3 Å². The summed E-state index contributed by atoms with van der Waals surface area (Å²) in [5.41, 5.74) is 5.02. The maximum absolute atomic E-state index is 13.7. The Morgan fingerprint density at radius 1 is 0.892 bits per heavy atom. The number of nitrogens with zero attached hydrogens (tertiary/aromatic N) is 2. The molecule has 0 atom stereocenters. The molecule has 37 heavy (non-hydrogen) atoms. The summed E-state index contributed by atoms with van der Waals surface area (Å²) in [6.45, 7) is 10.4. The largest absolute Gasteiger partial charge is 0.369 e. The average molecular weight is 516 g/mol. The Labute approximate surface area is 224 Å².